The largest absolute Gasteiger partial charge is 0.416 e. The highest BCUT2D eigenvalue weighted by atomic mass is 19.4. The van der Waals surface area contributed by atoms with Crippen LogP contribution in [-0.4, -0.2) is 28.6 Å². The van der Waals surface area contributed by atoms with Crippen molar-refractivity contribution < 1.29 is 28.0 Å². The lowest BCUT2D eigenvalue weighted by Crippen LogP contribution is -2.38. The Kier molecular flexibility index (Phi) is 5.48. The number of halogens is 3. The summed E-state index contributed by atoms with van der Waals surface area (Å²) in [5.41, 5.74) is -2.55. The minimum atomic E-state index is -4.80. The van der Waals surface area contributed by atoms with E-state index in [2.05, 4.69) is 5.32 Å². The van der Waals surface area contributed by atoms with Crippen LogP contribution in [-0.2, 0) is 6.18 Å². The highest BCUT2D eigenvalue weighted by molar-refractivity contribution is 5.95. The Bertz CT molecular complexity index is 575. The Hall–Kier alpha value is -2.16. The number of amides is 1. The first-order valence-corrected chi connectivity index (χ1v) is 6.34. The number of nitrogens with one attached hydrogen (secondary N) is 1. The standard InChI is InChI=1S/C13H15F3N2O4/c1-7(6-19)8(2)17-12(20)9-3-10(13(14,15)16)5-11(4-9)18(21)22/h3-5,7-8,19H,6H2,1-2H3,(H,17,20). The van der Waals surface area contributed by atoms with Gasteiger partial charge in [-0.25, -0.2) is 0 Å². The molecule has 0 aliphatic heterocycles. The number of benzene rings is 1. The minimum Gasteiger partial charge on any atom is -0.396 e. The summed E-state index contributed by atoms with van der Waals surface area (Å²) in [4.78, 5) is 21.7. The number of hydrogen-bond donors (Lipinski definition) is 2. The van der Waals surface area contributed by atoms with Gasteiger partial charge in [0.25, 0.3) is 11.6 Å². The highest BCUT2D eigenvalue weighted by Gasteiger charge is 2.33. The van der Waals surface area contributed by atoms with Gasteiger partial charge in [-0.15, -0.1) is 0 Å². The average molecular weight is 320 g/mol. The van der Waals surface area contributed by atoms with Crippen molar-refractivity contribution in [3.63, 3.8) is 0 Å². The molecule has 0 radical (unpaired) electrons. The van der Waals surface area contributed by atoms with Crippen molar-refractivity contribution in [3.05, 3.63) is 39.4 Å². The van der Waals surface area contributed by atoms with Crippen LogP contribution in [0, 0.1) is 16.0 Å². The monoisotopic (exact) mass is 320 g/mol. The summed E-state index contributed by atoms with van der Waals surface area (Å²) >= 11 is 0. The van der Waals surface area contributed by atoms with Crippen molar-refractivity contribution in [2.24, 2.45) is 5.92 Å². The summed E-state index contributed by atoms with van der Waals surface area (Å²) in [5.74, 6) is -1.19. The number of nitro groups is 1. The molecule has 2 unspecified atom stereocenters. The van der Waals surface area contributed by atoms with Crippen LogP contribution in [0.4, 0.5) is 18.9 Å². The van der Waals surface area contributed by atoms with E-state index in [0.717, 1.165) is 6.07 Å². The van der Waals surface area contributed by atoms with E-state index in [1.54, 1.807) is 13.8 Å². The zero-order valence-electron chi connectivity index (χ0n) is 11.8. The molecule has 0 saturated heterocycles. The van der Waals surface area contributed by atoms with Crippen LogP contribution in [0.25, 0.3) is 0 Å². The number of aliphatic hydroxyl groups excluding tert-OH is 1. The topological polar surface area (TPSA) is 92.5 Å². The van der Waals surface area contributed by atoms with Crippen LogP contribution in [0.1, 0.15) is 29.8 Å². The van der Waals surface area contributed by atoms with E-state index in [1.165, 1.54) is 0 Å². The van der Waals surface area contributed by atoms with Crippen LogP contribution < -0.4 is 5.32 Å². The Morgan fingerprint density at radius 3 is 2.41 bits per heavy atom. The maximum atomic E-state index is 12.7. The lowest BCUT2D eigenvalue weighted by molar-refractivity contribution is -0.385. The number of nitrogens with zero attached hydrogens (tertiary/aromatic N) is 1. The number of hydrogen-bond acceptors (Lipinski definition) is 4. The van der Waals surface area contributed by atoms with Crippen LogP contribution >= 0.6 is 0 Å². The molecule has 2 atom stereocenters. The first kappa shape index (κ1) is 17.9. The second kappa shape index (κ2) is 6.73. The van der Waals surface area contributed by atoms with Gasteiger partial charge in [0.1, 0.15) is 0 Å². The molecule has 6 nitrogen and oxygen atoms in total. The molecule has 9 heteroatoms. The van der Waals surface area contributed by atoms with E-state index in [0.29, 0.717) is 12.1 Å². The van der Waals surface area contributed by atoms with Gasteiger partial charge in [-0.1, -0.05) is 6.92 Å². The SMILES string of the molecule is CC(CO)C(C)NC(=O)c1cc([N+](=O)[O-])cc(C(F)(F)F)c1. The number of rotatable bonds is 5. The van der Waals surface area contributed by atoms with E-state index < -0.39 is 39.9 Å². The lowest BCUT2D eigenvalue weighted by Gasteiger charge is -2.19. The van der Waals surface area contributed by atoms with Crippen molar-refractivity contribution in [1.29, 1.82) is 0 Å². The zero-order valence-corrected chi connectivity index (χ0v) is 11.8. The van der Waals surface area contributed by atoms with Gasteiger partial charge < -0.3 is 10.4 Å². The predicted molar refractivity (Wildman–Crippen MR) is 71.3 cm³/mol. The minimum absolute atomic E-state index is 0.218. The fraction of sp³-hybridized carbons (Fsp3) is 0.462. The lowest BCUT2D eigenvalue weighted by atomic mass is 10.0. The van der Waals surface area contributed by atoms with Gasteiger partial charge in [-0.05, 0) is 18.9 Å². The molecule has 0 aliphatic carbocycles. The molecule has 0 aliphatic rings. The summed E-state index contributed by atoms with van der Waals surface area (Å²) in [5, 5.41) is 22.1. The van der Waals surface area contributed by atoms with Crippen LogP contribution in [0.2, 0.25) is 0 Å². The smallest absolute Gasteiger partial charge is 0.396 e. The Morgan fingerprint density at radius 1 is 1.36 bits per heavy atom. The van der Waals surface area contributed by atoms with Gasteiger partial charge in [0.2, 0.25) is 0 Å². The van der Waals surface area contributed by atoms with E-state index in [4.69, 9.17) is 5.11 Å². The molecule has 0 bridgehead atoms. The van der Waals surface area contributed by atoms with E-state index in [1.807, 2.05) is 0 Å². The maximum Gasteiger partial charge on any atom is 0.416 e. The third-order valence-electron chi connectivity index (χ3n) is 3.22. The summed E-state index contributed by atoms with van der Waals surface area (Å²) in [6.07, 6.45) is -4.80. The summed E-state index contributed by atoms with van der Waals surface area (Å²) in [7, 11) is 0. The Morgan fingerprint density at radius 2 is 1.95 bits per heavy atom. The summed E-state index contributed by atoms with van der Waals surface area (Å²) in [6.45, 7) is 2.99. The third kappa shape index (κ3) is 4.42. The van der Waals surface area contributed by atoms with Gasteiger partial charge >= 0.3 is 6.18 Å². The molecule has 0 aromatic heterocycles. The second-order valence-electron chi connectivity index (χ2n) is 4.95. The zero-order chi connectivity index (χ0) is 17.1. The third-order valence-corrected chi connectivity index (χ3v) is 3.22. The molecule has 2 N–H and O–H groups in total. The quantitative estimate of drug-likeness (QED) is 0.643. The van der Waals surface area contributed by atoms with E-state index in [-0.39, 0.29) is 12.5 Å². The number of non-ortho nitro benzene ring substituents is 1. The van der Waals surface area contributed by atoms with Gasteiger partial charge in [-0.2, -0.15) is 13.2 Å². The van der Waals surface area contributed by atoms with Crippen molar-refractivity contribution in [2.75, 3.05) is 6.61 Å². The molecular formula is C13H15F3N2O4. The van der Waals surface area contributed by atoms with Crippen LogP contribution in [0.15, 0.2) is 18.2 Å². The molecule has 122 valence electrons. The van der Waals surface area contributed by atoms with Gasteiger partial charge in [0.05, 0.1) is 10.5 Å². The molecular weight excluding hydrogens is 305 g/mol. The van der Waals surface area contributed by atoms with Gasteiger partial charge in [0, 0.05) is 30.3 Å². The number of aliphatic hydroxyl groups is 1. The maximum absolute atomic E-state index is 12.7. The Balaban J connectivity index is 3.15. The molecule has 0 heterocycles. The average Bonchev–Trinajstić information content (AvgIpc) is 2.44. The van der Waals surface area contributed by atoms with E-state index >= 15 is 0 Å². The second-order valence-corrected chi connectivity index (χ2v) is 4.95. The van der Waals surface area contributed by atoms with E-state index in [9.17, 15) is 28.1 Å². The summed E-state index contributed by atoms with van der Waals surface area (Å²) in [6, 6.07) is 1.20. The van der Waals surface area contributed by atoms with Gasteiger partial charge in [0.15, 0.2) is 0 Å². The predicted octanol–water partition coefficient (Wildman–Crippen LogP) is 2.36. The number of carbonyl (C=O) groups excluding carboxylic acids is 1. The van der Waals surface area contributed by atoms with Crippen molar-refractivity contribution in [1.82, 2.24) is 5.32 Å². The molecule has 0 fully saturated rings. The fourth-order valence-corrected chi connectivity index (χ4v) is 1.60. The van der Waals surface area contributed by atoms with Crippen LogP contribution in [0.3, 0.4) is 0 Å². The fourth-order valence-electron chi connectivity index (χ4n) is 1.60. The molecule has 1 aromatic rings. The number of alkyl halides is 3. The molecule has 1 rings (SSSR count). The first-order valence-electron chi connectivity index (χ1n) is 6.34. The normalized spacial score (nSPS) is 14.3. The highest BCUT2D eigenvalue weighted by Crippen LogP contribution is 2.32. The van der Waals surface area contributed by atoms with Crippen molar-refractivity contribution in [3.8, 4) is 0 Å². The molecule has 0 spiro atoms. The molecule has 1 amide bonds. The van der Waals surface area contributed by atoms with Crippen LogP contribution in [0.5, 0.6) is 0 Å². The number of nitro benzene ring substituents is 1. The van der Waals surface area contributed by atoms with Gasteiger partial charge in [-0.3, -0.25) is 14.9 Å². The van der Waals surface area contributed by atoms with Crippen molar-refractivity contribution >= 4 is 11.6 Å². The number of carbonyl (C=O) groups is 1. The first-order chi connectivity index (χ1) is 10.1. The molecule has 0 saturated carbocycles. The molecule has 22 heavy (non-hydrogen) atoms. The molecule has 1 aromatic carbocycles. The Labute approximate surface area is 124 Å². The summed E-state index contributed by atoms with van der Waals surface area (Å²) < 4.78 is 38.2. The van der Waals surface area contributed by atoms with Crippen molar-refractivity contribution in [2.45, 2.75) is 26.1 Å².